The van der Waals surface area contributed by atoms with E-state index in [0.717, 1.165) is 37.6 Å². The van der Waals surface area contributed by atoms with Crippen molar-refractivity contribution < 1.29 is 0 Å². The summed E-state index contributed by atoms with van der Waals surface area (Å²) in [6.45, 7) is 8.65. The van der Waals surface area contributed by atoms with E-state index in [1.807, 2.05) is 12.1 Å². The number of anilines is 1. The van der Waals surface area contributed by atoms with Crippen molar-refractivity contribution in [3.8, 4) is 0 Å². The van der Waals surface area contributed by atoms with E-state index >= 15 is 0 Å². The maximum absolute atomic E-state index is 5.65. The highest BCUT2D eigenvalue weighted by molar-refractivity contribution is 7.80. The van der Waals surface area contributed by atoms with Crippen molar-refractivity contribution in [1.29, 1.82) is 0 Å². The lowest BCUT2D eigenvalue weighted by molar-refractivity contribution is 0.209. The second-order valence-corrected chi connectivity index (χ2v) is 5.32. The van der Waals surface area contributed by atoms with Gasteiger partial charge in [0.1, 0.15) is 10.8 Å². The maximum atomic E-state index is 5.65. The number of nitrogens with two attached hydrogens (primary N) is 1. The van der Waals surface area contributed by atoms with Crippen LogP contribution in [0, 0.1) is 0 Å². The third-order valence-corrected chi connectivity index (χ3v) is 3.63. The van der Waals surface area contributed by atoms with E-state index in [1.54, 1.807) is 6.20 Å². The zero-order valence-corrected chi connectivity index (χ0v) is 11.8. The molecule has 1 saturated heterocycles. The minimum atomic E-state index is 0.430. The molecule has 0 amide bonds. The van der Waals surface area contributed by atoms with Crippen LogP contribution in [0.25, 0.3) is 0 Å². The van der Waals surface area contributed by atoms with Crippen molar-refractivity contribution >= 4 is 23.0 Å². The SMILES string of the molecule is CC(C)N1CCN(c2cc(C(N)=S)ccn2)CC1. The molecule has 0 saturated carbocycles. The molecular weight excluding hydrogens is 244 g/mol. The van der Waals surface area contributed by atoms with Crippen molar-refractivity contribution in [2.75, 3.05) is 31.1 Å². The van der Waals surface area contributed by atoms with Gasteiger partial charge in [0.25, 0.3) is 0 Å². The van der Waals surface area contributed by atoms with E-state index in [0.29, 0.717) is 11.0 Å². The van der Waals surface area contributed by atoms with Crippen LogP contribution in [0.15, 0.2) is 18.3 Å². The van der Waals surface area contributed by atoms with Crippen LogP contribution in [0.3, 0.4) is 0 Å². The summed E-state index contributed by atoms with van der Waals surface area (Å²) < 4.78 is 0. The monoisotopic (exact) mass is 264 g/mol. The topological polar surface area (TPSA) is 45.4 Å². The van der Waals surface area contributed by atoms with E-state index < -0.39 is 0 Å². The Morgan fingerprint density at radius 2 is 2.00 bits per heavy atom. The molecule has 2 rings (SSSR count). The van der Waals surface area contributed by atoms with Crippen molar-refractivity contribution in [2.24, 2.45) is 5.73 Å². The van der Waals surface area contributed by atoms with Crippen molar-refractivity contribution in [2.45, 2.75) is 19.9 Å². The number of thiocarbonyl (C=S) groups is 1. The van der Waals surface area contributed by atoms with Crippen LogP contribution in [0.1, 0.15) is 19.4 Å². The van der Waals surface area contributed by atoms with Gasteiger partial charge in [0.15, 0.2) is 0 Å². The lowest BCUT2D eigenvalue weighted by atomic mass is 10.2. The van der Waals surface area contributed by atoms with Crippen molar-refractivity contribution in [1.82, 2.24) is 9.88 Å². The van der Waals surface area contributed by atoms with Gasteiger partial charge in [-0.3, -0.25) is 4.90 Å². The molecule has 0 aromatic carbocycles. The Hall–Kier alpha value is -1.20. The molecule has 1 aromatic heterocycles. The van der Waals surface area contributed by atoms with Gasteiger partial charge in [-0.05, 0) is 26.0 Å². The number of hydrogen-bond donors (Lipinski definition) is 1. The van der Waals surface area contributed by atoms with Gasteiger partial charge in [0.2, 0.25) is 0 Å². The average Bonchev–Trinajstić information content (AvgIpc) is 2.39. The van der Waals surface area contributed by atoms with Crippen LogP contribution in [0.5, 0.6) is 0 Å². The summed E-state index contributed by atoms with van der Waals surface area (Å²) in [5.74, 6) is 0.976. The van der Waals surface area contributed by atoms with E-state index in [-0.39, 0.29) is 0 Å². The average molecular weight is 264 g/mol. The number of pyridine rings is 1. The molecule has 0 bridgehead atoms. The number of rotatable bonds is 3. The van der Waals surface area contributed by atoms with Crippen LogP contribution in [0.2, 0.25) is 0 Å². The van der Waals surface area contributed by atoms with Gasteiger partial charge in [-0.1, -0.05) is 12.2 Å². The molecule has 1 aromatic rings. The molecular formula is C13H20N4S. The third kappa shape index (κ3) is 2.97. The summed E-state index contributed by atoms with van der Waals surface area (Å²) in [4.78, 5) is 9.61. The summed E-state index contributed by atoms with van der Waals surface area (Å²) in [5, 5.41) is 0. The summed E-state index contributed by atoms with van der Waals surface area (Å²) >= 11 is 5.00. The largest absolute Gasteiger partial charge is 0.389 e. The van der Waals surface area contributed by atoms with Crippen LogP contribution < -0.4 is 10.6 Å². The fraction of sp³-hybridized carbons (Fsp3) is 0.538. The maximum Gasteiger partial charge on any atom is 0.129 e. The molecule has 1 aliphatic rings. The van der Waals surface area contributed by atoms with Crippen LogP contribution in [-0.2, 0) is 0 Å². The fourth-order valence-electron chi connectivity index (χ4n) is 2.21. The highest BCUT2D eigenvalue weighted by Crippen LogP contribution is 2.16. The minimum Gasteiger partial charge on any atom is -0.389 e. The predicted molar refractivity (Wildman–Crippen MR) is 79.0 cm³/mol. The highest BCUT2D eigenvalue weighted by Gasteiger charge is 2.19. The lowest BCUT2D eigenvalue weighted by Crippen LogP contribution is -2.49. The number of hydrogen-bond acceptors (Lipinski definition) is 4. The highest BCUT2D eigenvalue weighted by atomic mass is 32.1. The molecule has 0 aliphatic carbocycles. The van der Waals surface area contributed by atoms with Crippen LogP contribution in [0.4, 0.5) is 5.82 Å². The van der Waals surface area contributed by atoms with Gasteiger partial charge in [-0.25, -0.2) is 4.98 Å². The number of aromatic nitrogens is 1. The standard InChI is InChI=1S/C13H20N4S/c1-10(2)16-5-7-17(8-6-16)12-9-11(13(14)18)3-4-15-12/h3-4,9-10H,5-8H2,1-2H3,(H2,14,18). The summed E-state index contributed by atoms with van der Waals surface area (Å²) in [5.41, 5.74) is 6.54. The molecule has 4 nitrogen and oxygen atoms in total. The zero-order valence-electron chi connectivity index (χ0n) is 11.0. The van der Waals surface area contributed by atoms with Gasteiger partial charge < -0.3 is 10.6 Å². The fourth-order valence-corrected chi connectivity index (χ4v) is 2.34. The van der Waals surface area contributed by atoms with Gasteiger partial charge >= 0.3 is 0 Å². The first-order chi connectivity index (χ1) is 8.58. The Kier molecular flexibility index (Phi) is 4.14. The Morgan fingerprint density at radius 3 is 2.56 bits per heavy atom. The van der Waals surface area contributed by atoms with Crippen molar-refractivity contribution in [3.63, 3.8) is 0 Å². The Labute approximate surface area is 114 Å². The van der Waals surface area contributed by atoms with E-state index in [4.69, 9.17) is 18.0 Å². The van der Waals surface area contributed by atoms with E-state index in [1.165, 1.54) is 0 Å². The van der Waals surface area contributed by atoms with Gasteiger partial charge in [0.05, 0.1) is 0 Å². The first-order valence-corrected chi connectivity index (χ1v) is 6.73. The molecule has 0 radical (unpaired) electrons. The molecule has 0 spiro atoms. The van der Waals surface area contributed by atoms with Gasteiger partial charge in [0, 0.05) is 44.0 Å². The number of nitrogens with zero attached hydrogens (tertiary/aromatic N) is 3. The molecule has 0 unspecified atom stereocenters. The molecule has 0 atom stereocenters. The third-order valence-electron chi connectivity index (χ3n) is 3.40. The Bertz CT molecular complexity index is 425. The summed E-state index contributed by atoms with van der Waals surface area (Å²) in [6, 6.07) is 4.45. The normalized spacial score (nSPS) is 17.2. The van der Waals surface area contributed by atoms with E-state index in [9.17, 15) is 0 Å². The zero-order chi connectivity index (χ0) is 13.1. The summed E-state index contributed by atoms with van der Waals surface area (Å²) in [7, 11) is 0. The molecule has 98 valence electrons. The molecule has 2 heterocycles. The van der Waals surface area contributed by atoms with Crippen LogP contribution in [-0.4, -0.2) is 47.1 Å². The Morgan fingerprint density at radius 1 is 1.33 bits per heavy atom. The summed E-state index contributed by atoms with van der Waals surface area (Å²) in [6.07, 6.45) is 1.78. The quantitative estimate of drug-likeness (QED) is 0.832. The second-order valence-electron chi connectivity index (χ2n) is 4.88. The first-order valence-electron chi connectivity index (χ1n) is 6.33. The molecule has 1 fully saturated rings. The predicted octanol–water partition coefficient (Wildman–Crippen LogP) is 1.25. The lowest BCUT2D eigenvalue weighted by Gasteiger charge is -2.37. The van der Waals surface area contributed by atoms with Gasteiger partial charge in [-0.2, -0.15) is 0 Å². The first kappa shape index (κ1) is 13.2. The molecule has 1 aliphatic heterocycles. The van der Waals surface area contributed by atoms with Crippen LogP contribution >= 0.6 is 12.2 Å². The minimum absolute atomic E-state index is 0.430. The second kappa shape index (κ2) is 5.63. The number of piperazine rings is 1. The van der Waals surface area contributed by atoms with Crippen molar-refractivity contribution in [3.05, 3.63) is 23.9 Å². The molecule has 5 heteroatoms. The smallest absolute Gasteiger partial charge is 0.129 e. The molecule has 18 heavy (non-hydrogen) atoms. The molecule has 2 N–H and O–H groups in total. The van der Waals surface area contributed by atoms with E-state index in [2.05, 4.69) is 28.6 Å². The Balaban J connectivity index is 2.05. The van der Waals surface area contributed by atoms with Gasteiger partial charge in [-0.15, -0.1) is 0 Å².